The van der Waals surface area contributed by atoms with E-state index in [1.165, 1.54) is 33.4 Å². The van der Waals surface area contributed by atoms with E-state index in [0.717, 1.165) is 44.1 Å². The molecule has 0 radical (unpaired) electrons. The van der Waals surface area contributed by atoms with Crippen LogP contribution in [0.4, 0.5) is 0 Å². The van der Waals surface area contributed by atoms with E-state index in [1.807, 2.05) is 0 Å². The van der Waals surface area contributed by atoms with Crippen molar-refractivity contribution in [3.63, 3.8) is 0 Å². The molecule has 1 aliphatic carbocycles. The highest BCUT2D eigenvalue weighted by Gasteiger charge is 2.45. The summed E-state index contributed by atoms with van der Waals surface area (Å²) >= 11 is 0. The maximum atomic E-state index is 10.8. The van der Waals surface area contributed by atoms with Gasteiger partial charge in [0.1, 0.15) is 30.5 Å². The zero-order valence-corrected chi connectivity index (χ0v) is 18.4. The molecule has 0 bridgehead atoms. The van der Waals surface area contributed by atoms with Gasteiger partial charge in [0.2, 0.25) is 0 Å². The van der Waals surface area contributed by atoms with Crippen molar-refractivity contribution in [1.82, 2.24) is 0 Å². The number of ether oxygens (including phenoxy) is 1. The van der Waals surface area contributed by atoms with Crippen molar-refractivity contribution in [1.29, 1.82) is 0 Å². The number of hydrogen-bond acceptors (Lipinski definition) is 5. The molecule has 0 saturated carbocycles. The van der Waals surface area contributed by atoms with E-state index >= 15 is 0 Å². The molecule has 0 spiro atoms. The van der Waals surface area contributed by atoms with Crippen molar-refractivity contribution in [3.8, 4) is 0 Å². The lowest BCUT2D eigenvalue weighted by molar-refractivity contribution is -0.231. The second-order valence-corrected chi connectivity index (χ2v) is 9.08. The third-order valence-corrected chi connectivity index (χ3v) is 6.86. The lowest BCUT2D eigenvalue weighted by Gasteiger charge is -2.41. The van der Waals surface area contributed by atoms with Crippen LogP contribution in [0.2, 0.25) is 0 Å². The van der Waals surface area contributed by atoms with Crippen LogP contribution in [0, 0.1) is 6.92 Å². The van der Waals surface area contributed by atoms with Gasteiger partial charge in [0.05, 0.1) is 6.61 Å². The average molecular weight is 427 g/mol. The molecule has 2 aliphatic rings. The molecule has 0 aromatic heterocycles. The minimum Gasteiger partial charge on any atom is -0.394 e. The van der Waals surface area contributed by atoms with Gasteiger partial charge in [-0.3, -0.25) is 0 Å². The molecule has 2 aromatic rings. The molecule has 1 heterocycles. The van der Waals surface area contributed by atoms with Gasteiger partial charge in [0.15, 0.2) is 0 Å². The molecule has 1 saturated heterocycles. The number of hydrogen-bond donors (Lipinski definition) is 4. The fraction of sp³-hybridized carbons (Fsp3) is 0.538. The Bertz CT molecular complexity index is 905. The van der Waals surface area contributed by atoms with Gasteiger partial charge in [0, 0.05) is 0 Å². The Morgan fingerprint density at radius 2 is 1.68 bits per heavy atom. The predicted molar refractivity (Wildman–Crippen MR) is 119 cm³/mol. The van der Waals surface area contributed by atoms with Crippen LogP contribution < -0.4 is 0 Å². The van der Waals surface area contributed by atoms with Crippen LogP contribution in [0.5, 0.6) is 0 Å². The second kappa shape index (κ2) is 9.39. The van der Waals surface area contributed by atoms with Gasteiger partial charge in [-0.2, -0.15) is 0 Å². The van der Waals surface area contributed by atoms with E-state index in [0.29, 0.717) is 0 Å². The fourth-order valence-electron chi connectivity index (χ4n) is 5.21. The summed E-state index contributed by atoms with van der Waals surface area (Å²) in [4.78, 5) is 0. The van der Waals surface area contributed by atoms with Crippen LogP contribution in [-0.4, -0.2) is 51.4 Å². The summed E-state index contributed by atoms with van der Waals surface area (Å²) < 4.78 is 5.97. The van der Waals surface area contributed by atoms with Crippen LogP contribution in [-0.2, 0) is 30.4 Å². The summed E-state index contributed by atoms with van der Waals surface area (Å²) in [6.07, 6.45) is 0.202. The Kier molecular flexibility index (Phi) is 6.80. The normalized spacial score (nSPS) is 28.0. The molecule has 4 rings (SSSR count). The monoisotopic (exact) mass is 426 g/mol. The van der Waals surface area contributed by atoms with Crippen molar-refractivity contribution in [3.05, 3.63) is 69.3 Å². The largest absolute Gasteiger partial charge is 0.394 e. The quantitative estimate of drug-likeness (QED) is 0.570. The van der Waals surface area contributed by atoms with Crippen LogP contribution in [0.15, 0.2) is 30.3 Å². The molecule has 168 valence electrons. The summed E-state index contributed by atoms with van der Waals surface area (Å²) in [5, 5.41) is 41.1. The highest BCUT2D eigenvalue weighted by molar-refractivity contribution is 5.51. The molecule has 5 heteroatoms. The molecule has 4 N–H and O–H groups in total. The number of aryl methyl sites for hydroxylation is 1. The lowest BCUT2D eigenvalue weighted by Crippen LogP contribution is -2.55. The molecule has 2 aromatic carbocycles. The minimum absolute atomic E-state index is 0.411. The van der Waals surface area contributed by atoms with E-state index in [-0.39, 0.29) is 0 Å². The van der Waals surface area contributed by atoms with E-state index in [2.05, 4.69) is 44.2 Å². The first kappa shape index (κ1) is 22.4. The van der Waals surface area contributed by atoms with Gasteiger partial charge in [-0.05, 0) is 72.4 Å². The van der Waals surface area contributed by atoms with E-state index in [9.17, 15) is 20.4 Å². The zero-order valence-electron chi connectivity index (χ0n) is 18.4. The lowest BCUT2D eigenvalue weighted by atomic mass is 9.82. The Hall–Kier alpha value is -1.76. The average Bonchev–Trinajstić information content (AvgIpc) is 3.26. The van der Waals surface area contributed by atoms with Crippen molar-refractivity contribution >= 4 is 0 Å². The maximum absolute atomic E-state index is 10.8. The third kappa shape index (κ3) is 4.30. The smallest absolute Gasteiger partial charge is 0.113 e. The van der Waals surface area contributed by atoms with Gasteiger partial charge >= 0.3 is 0 Å². The predicted octanol–water partition coefficient (Wildman–Crippen LogP) is 2.54. The summed E-state index contributed by atoms with van der Waals surface area (Å²) in [5.41, 5.74) is 8.57. The van der Waals surface area contributed by atoms with E-state index < -0.39 is 37.1 Å². The first-order valence-corrected chi connectivity index (χ1v) is 11.5. The molecule has 5 nitrogen and oxygen atoms in total. The number of fused-ring (bicyclic) bond motifs is 1. The van der Waals surface area contributed by atoms with Crippen molar-refractivity contribution in [2.75, 3.05) is 6.61 Å². The molecular weight excluding hydrogens is 392 g/mol. The Morgan fingerprint density at radius 3 is 2.35 bits per heavy atom. The SMILES string of the molecule is CCCc1c([C@@H]2O[C@H](CO)[C@H](O)[C@H](O)[C@@H]2O)cc(Cc2ccc(C)cc2)c2c1CCC2. The molecule has 1 aliphatic heterocycles. The molecule has 0 unspecified atom stereocenters. The molecule has 31 heavy (non-hydrogen) atoms. The van der Waals surface area contributed by atoms with Gasteiger partial charge < -0.3 is 25.2 Å². The summed E-state index contributed by atoms with van der Waals surface area (Å²) in [7, 11) is 0. The van der Waals surface area contributed by atoms with Gasteiger partial charge in [-0.25, -0.2) is 0 Å². The first-order chi connectivity index (χ1) is 14.9. The van der Waals surface area contributed by atoms with Gasteiger partial charge in [-0.1, -0.05) is 49.2 Å². The Balaban J connectivity index is 1.79. The number of benzene rings is 2. The zero-order chi connectivity index (χ0) is 22.1. The molecule has 0 amide bonds. The Labute approximate surface area is 184 Å². The van der Waals surface area contributed by atoms with Crippen LogP contribution >= 0.6 is 0 Å². The summed E-state index contributed by atoms with van der Waals surface area (Å²) in [6.45, 7) is 3.81. The van der Waals surface area contributed by atoms with Gasteiger partial charge in [-0.15, -0.1) is 0 Å². The number of aliphatic hydroxyl groups excluding tert-OH is 4. The standard InChI is InChI=1S/C26H34O5/c1-3-5-19-20-7-4-6-18(20)17(12-16-10-8-15(2)9-11-16)13-21(19)26-25(30)24(29)23(28)22(14-27)31-26/h8-11,13,22-30H,3-7,12,14H2,1-2H3/t22-,23+,24+,25+,26+/m1/s1. The first-order valence-electron chi connectivity index (χ1n) is 11.5. The summed E-state index contributed by atoms with van der Waals surface area (Å²) in [5.74, 6) is 0. The number of aliphatic hydroxyl groups is 4. The second-order valence-electron chi connectivity index (χ2n) is 9.08. The molecular formula is C26H34O5. The van der Waals surface area contributed by atoms with Crippen molar-refractivity contribution in [2.24, 2.45) is 0 Å². The number of rotatable bonds is 6. The Morgan fingerprint density at radius 1 is 0.968 bits per heavy atom. The fourth-order valence-corrected chi connectivity index (χ4v) is 5.21. The minimum atomic E-state index is -1.36. The van der Waals surface area contributed by atoms with Crippen molar-refractivity contribution in [2.45, 2.75) is 82.9 Å². The highest BCUT2D eigenvalue weighted by atomic mass is 16.5. The van der Waals surface area contributed by atoms with E-state index in [4.69, 9.17) is 4.74 Å². The third-order valence-electron chi connectivity index (χ3n) is 6.86. The van der Waals surface area contributed by atoms with E-state index in [1.54, 1.807) is 0 Å². The topological polar surface area (TPSA) is 90.2 Å². The maximum Gasteiger partial charge on any atom is 0.113 e. The summed E-state index contributed by atoms with van der Waals surface area (Å²) in [6, 6.07) is 10.7. The highest BCUT2D eigenvalue weighted by Crippen LogP contribution is 2.40. The van der Waals surface area contributed by atoms with Crippen molar-refractivity contribution < 1.29 is 25.2 Å². The van der Waals surface area contributed by atoms with Crippen LogP contribution in [0.25, 0.3) is 0 Å². The van der Waals surface area contributed by atoms with Crippen LogP contribution in [0.1, 0.15) is 64.8 Å². The van der Waals surface area contributed by atoms with Gasteiger partial charge in [0.25, 0.3) is 0 Å². The van der Waals surface area contributed by atoms with Crippen LogP contribution in [0.3, 0.4) is 0 Å². The molecule has 1 fully saturated rings. The molecule has 5 atom stereocenters.